The zero-order chi connectivity index (χ0) is 18.3. The molecule has 1 aliphatic rings. The summed E-state index contributed by atoms with van der Waals surface area (Å²) in [6, 6.07) is 8.74. The highest BCUT2D eigenvalue weighted by Gasteiger charge is 2.35. The van der Waals surface area contributed by atoms with Crippen molar-refractivity contribution in [3.05, 3.63) is 72.9 Å². The maximum atomic E-state index is 13.0. The average molecular weight is 376 g/mol. The third-order valence-corrected chi connectivity index (χ3v) is 4.84. The number of fused-ring (bicyclic) bond motifs is 1. The van der Waals surface area contributed by atoms with Gasteiger partial charge in [0.25, 0.3) is 5.56 Å². The van der Waals surface area contributed by atoms with Crippen molar-refractivity contribution < 1.29 is 4.74 Å². The monoisotopic (exact) mass is 375 g/mol. The minimum Gasteiger partial charge on any atom is -0.440 e. The minimum atomic E-state index is -0.704. The predicted molar refractivity (Wildman–Crippen MR) is 96.9 cm³/mol. The average Bonchev–Trinajstić information content (AvgIpc) is 2.54. The van der Waals surface area contributed by atoms with Crippen molar-refractivity contribution in [2.75, 3.05) is 0 Å². The van der Waals surface area contributed by atoms with Crippen LogP contribution in [0.4, 0.5) is 0 Å². The Kier molecular flexibility index (Phi) is 4.51. The lowest BCUT2D eigenvalue weighted by Gasteiger charge is -2.27. The van der Waals surface area contributed by atoms with E-state index in [4.69, 9.17) is 33.7 Å². The van der Waals surface area contributed by atoms with Crippen molar-refractivity contribution in [2.45, 2.75) is 26.3 Å². The third kappa shape index (κ3) is 2.78. The highest BCUT2D eigenvalue weighted by Crippen LogP contribution is 2.43. The Hall–Kier alpha value is -2.42. The summed E-state index contributed by atoms with van der Waals surface area (Å²) in [6.45, 7) is 4.20. The van der Waals surface area contributed by atoms with Crippen molar-refractivity contribution in [1.29, 1.82) is 5.26 Å². The van der Waals surface area contributed by atoms with Gasteiger partial charge >= 0.3 is 0 Å². The fourth-order valence-electron chi connectivity index (χ4n) is 3.13. The molecule has 7 heteroatoms. The van der Waals surface area contributed by atoms with Crippen molar-refractivity contribution in [1.82, 2.24) is 4.57 Å². The van der Waals surface area contributed by atoms with Crippen LogP contribution >= 0.6 is 23.2 Å². The number of hydrogen-bond acceptors (Lipinski definition) is 4. The summed E-state index contributed by atoms with van der Waals surface area (Å²) in [5.41, 5.74) is 7.55. The lowest BCUT2D eigenvalue weighted by Crippen LogP contribution is -2.32. The van der Waals surface area contributed by atoms with Gasteiger partial charge < -0.3 is 15.0 Å². The zero-order valence-electron chi connectivity index (χ0n) is 13.6. The summed E-state index contributed by atoms with van der Waals surface area (Å²) < 4.78 is 7.18. The first-order chi connectivity index (χ1) is 11.9. The van der Waals surface area contributed by atoms with Gasteiger partial charge in [-0.15, -0.1) is 0 Å². The van der Waals surface area contributed by atoms with E-state index in [0.717, 1.165) is 5.69 Å². The zero-order valence-corrected chi connectivity index (χ0v) is 15.1. The van der Waals surface area contributed by atoms with Crippen LogP contribution in [0.15, 0.2) is 40.5 Å². The number of halogens is 2. The third-order valence-electron chi connectivity index (χ3n) is 4.28. The summed E-state index contributed by atoms with van der Waals surface area (Å²) in [5, 5.41) is 10.4. The van der Waals surface area contributed by atoms with E-state index in [2.05, 4.69) is 6.07 Å². The fourth-order valence-corrected chi connectivity index (χ4v) is 3.64. The molecule has 128 valence electrons. The fraction of sp³-hybridized carbons (Fsp3) is 0.222. The van der Waals surface area contributed by atoms with Gasteiger partial charge in [-0.25, -0.2) is 0 Å². The number of benzene rings is 1. The molecule has 0 saturated carbocycles. The smallest absolute Gasteiger partial charge is 0.258 e. The van der Waals surface area contributed by atoms with Crippen LogP contribution in [-0.2, 0) is 6.54 Å². The van der Waals surface area contributed by atoms with Crippen molar-refractivity contribution >= 4 is 23.2 Å². The molecule has 0 radical (unpaired) electrons. The Labute approximate surface area is 154 Å². The summed E-state index contributed by atoms with van der Waals surface area (Å²) in [7, 11) is 0. The second-order valence-corrected chi connectivity index (χ2v) is 6.55. The van der Waals surface area contributed by atoms with E-state index >= 15 is 0 Å². The number of allylic oxidation sites excluding steroid dienone is 1. The molecular formula is C18H15Cl2N3O2. The number of nitrogens with two attached hydrogens (primary N) is 1. The van der Waals surface area contributed by atoms with Crippen LogP contribution in [0.3, 0.4) is 0 Å². The minimum absolute atomic E-state index is 0.0286. The van der Waals surface area contributed by atoms with Crippen molar-refractivity contribution in [3.63, 3.8) is 0 Å². The Morgan fingerprint density at radius 3 is 2.68 bits per heavy atom. The number of pyridine rings is 1. The van der Waals surface area contributed by atoms with Gasteiger partial charge in [0.2, 0.25) is 5.88 Å². The molecule has 2 heterocycles. The lowest BCUT2D eigenvalue weighted by molar-refractivity contribution is 0.388. The van der Waals surface area contributed by atoms with Gasteiger partial charge in [-0.1, -0.05) is 29.3 Å². The van der Waals surface area contributed by atoms with Gasteiger partial charge in [0.1, 0.15) is 17.4 Å². The molecule has 2 aromatic rings. The van der Waals surface area contributed by atoms with E-state index < -0.39 is 5.92 Å². The molecule has 1 aromatic carbocycles. The van der Waals surface area contributed by atoms with Crippen LogP contribution in [0.2, 0.25) is 10.0 Å². The summed E-state index contributed by atoms with van der Waals surface area (Å²) in [5.74, 6) is -0.386. The number of aryl methyl sites for hydroxylation is 1. The summed E-state index contributed by atoms with van der Waals surface area (Å²) in [4.78, 5) is 13.0. The van der Waals surface area contributed by atoms with Gasteiger partial charge in [-0.3, -0.25) is 4.79 Å². The normalized spacial score (nSPS) is 16.2. The molecule has 25 heavy (non-hydrogen) atoms. The number of ether oxygens (including phenoxy) is 1. The topological polar surface area (TPSA) is 81.0 Å². The summed E-state index contributed by atoms with van der Waals surface area (Å²) >= 11 is 12.3. The maximum absolute atomic E-state index is 13.0. The Bertz CT molecular complexity index is 1000. The number of nitriles is 1. The second-order valence-electron chi connectivity index (χ2n) is 5.70. The van der Waals surface area contributed by atoms with Crippen LogP contribution in [0.5, 0.6) is 5.75 Å². The molecule has 2 N–H and O–H groups in total. The summed E-state index contributed by atoms with van der Waals surface area (Å²) in [6.07, 6.45) is 0. The molecule has 5 nitrogen and oxygen atoms in total. The first-order valence-electron chi connectivity index (χ1n) is 7.65. The molecule has 1 aromatic heterocycles. The Balaban J connectivity index is 2.38. The largest absolute Gasteiger partial charge is 0.440 e. The Morgan fingerprint density at radius 2 is 2.08 bits per heavy atom. The standard InChI is InChI=1S/C18H15Cl2N3O2/c1-3-23-9(2)6-14-16(18(23)24)15(12(8-21)17(22)25-14)11-5-4-10(19)7-13(11)20/h4-7,15H,3,22H2,1-2H3. The first-order valence-corrected chi connectivity index (χ1v) is 8.41. The molecule has 1 aliphatic heterocycles. The molecule has 1 unspecified atom stereocenters. The molecule has 0 aliphatic carbocycles. The molecule has 0 saturated heterocycles. The van der Waals surface area contributed by atoms with Crippen molar-refractivity contribution in [3.8, 4) is 11.8 Å². The second kappa shape index (κ2) is 6.47. The van der Waals surface area contributed by atoms with E-state index in [9.17, 15) is 10.1 Å². The number of aromatic nitrogens is 1. The number of nitrogens with zero attached hydrogens (tertiary/aromatic N) is 2. The predicted octanol–water partition coefficient (Wildman–Crippen LogP) is 3.70. The van der Waals surface area contributed by atoms with Gasteiger partial charge in [-0.2, -0.15) is 5.26 Å². The van der Waals surface area contributed by atoms with Crippen LogP contribution in [-0.4, -0.2) is 4.57 Å². The molecule has 0 spiro atoms. The molecule has 1 atom stereocenters. The maximum Gasteiger partial charge on any atom is 0.258 e. The van der Waals surface area contributed by atoms with Crippen LogP contribution in [0.1, 0.15) is 29.7 Å². The Morgan fingerprint density at radius 1 is 1.36 bits per heavy atom. The first kappa shape index (κ1) is 17.4. The molecule has 0 fully saturated rings. The number of hydrogen-bond donors (Lipinski definition) is 1. The van der Waals surface area contributed by atoms with E-state index in [1.807, 2.05) is 13.8 Å². The van der Waals surface area contributed by atoms with E-state index in [-0.39, 0.29) is 17.0 Å². The van der Waals surface area contributed by atoms with Crippen LogP contribution < -0.4 is 16.0 Å². The molecular weight excluding hydrogens is 361 g/mol. The van der Waals surface area contributed by atoms with E-state index in [0.29, 0.717) is 33.5 Å². The van der Waals surface area contributed by atoms with Gasteiger partial charge in [-0.05, 0) is 31.5 Å². The molecule has 0 amide bonds. The van der Waals surface area contributed by atoms with Crippen molar-refractivity contribution in [2.24, 2.45) is 5.73 Å². The quantitative estimate of drug-likeness (QED) is 0.867. The molecule has 0 bridgehead atoms. The van der Waals surface area contributed by atoms with Gasteiger partial charge in [0, 0.05) is 28.4 Å². The highest BCUT2D eigenvalue weighted by atomic mass is 35.5. The highest BCUT2D eigenvalue weighted by molar-refractivity contribution is 6.35. The van der Waals surface area contributed by atoms with Gasteiger partial charge in [0.15, 0.2) is 0 Å². The number of rotatable bonds is 2. The van der Waals surface area contributed by atoms with Crippen LogP contribution in [0.25, 0.3) is 0 Å². The van der Waals surface area contributed by atoms with E-state index in [1.54, 1.807) is 28.8 Å². The SMILES string of the molecule is CCn1c(C)cc2c(c1=O)C(c1ccc(Cl)cc1Cl)C(C#N)=C(N)O2. The van der Waals surface area contributed by atoms with Gasteiger partial charge in [0.05, 0.1) is 11.5 Å². The van der Waals surface area contributed by atoms with Crippen LogP contribution in [0, 0.1) is 18.3 Å². The molecule has 3 rings (SSSR count). The van der Waals surface area contributed by atoms with E-state index in [1.165, 1.54) is 0 Å². The lowest BCUT2D eigenvalue weighted by atomic mass is 9.84.